The number of aryl methyl sites for hydroxylation is 2. The summed E-state index contributed by atoms with van der Waals surface area (Å²) in [5, 5.41) is 14.8. The molecule has 0 aliphatic heterocycles. The summed E-state index contributed by atoms with van der Waals surface area (Å²) in [5.41, 5.74) is 3.48. The van der Waals surface area contributed by atoms with Crippen LogP contribution in [0.1, 0.15) is 32.5 Å². The Hall–Kier alpha value is -3.26. The van der Waals surface area contributed by atoms with E-state index >= 15 is 0 Å². The van der Waals surface area contributed by atoms with Gasteiger partial charge in [-0.15, -0.1) is 10.2 Å². The predicted octanol–water partition coefficient (Wildman–Crippen LogP) is 3.54. The van der Waals surface area contributed by atoms with Crippen molar-refractivity contribution in [2.45, 2.75) is 19.9 Å². The third kappa shape index (κ3) is 4.72. The van der Waals surface area contributed by atoms with E-state index in [1.54, 1.807) is 12.1 Å². The standard InChI is InChI=1S/C20H20N4O3S/c1-12-4-8-14(9-5-12)17(25)22-16(19(26)27-3)18-23-24-20(28-18)21-15-10-6-13(2)7-11-15/h4-11,16H,1-3H3,(H,21,24)(H,22,25). The number of anilines is 2. The highest BCUT2D eigenvalue weighted by Gasteiger charge is 2.28. The first kappa shape index (κ1) is 19.5. The topological polar surface area (TPSA) is 93.2 Å². The lowest BCUT2D eigenvalue weighted by atomic mass is 10.1. The van der Waals surface area contributed by atoms with Gasteiger partial charge in [0.05, 0.1) is 7.11 Å². The average Bonchev–Trinajstić information content (AvgIpc) is 3.15. The lowest BCUT2D eigenvalue weighted by Crippen LogP contribution is -2.34. The first-order valence-electron chi connectivity index (χ1n) is 8.58. The molecule has 1 amide bonds. The van der Waals surface area contributed by atoms with Gasteiger partial charge in [0.2, 0.25) is 5.13 Å². The van der Waals surface area contributed by atoms with E-state index < -0.39 is 17.9 Å². The lowest BCUT2D eigenvalue weighted by Gasteiger charge is -2.13. The summed E-state index contributed by atoms with van der Waals surface area (Å²) in [7, 11) is 1.26. The summed E-state index contributed by atoms with van der Waals surface area (Å²) in [6.07, 6.45) is 0. The van der Waals surface area contributed by atoms with Crippen LogP contribution in [0.5, 0.6) is 0 Å². The van der Waals surface area contributed by atoms with Crippen molar-refractivity contribution in [3.8, 4) is 0 Å². The van der Waals surface area contributed by atoms with Crippen molar-refractivity contribution in [3.63, 3.8) is 0 Å². The molecule has 0 saturated carbocycles. The number of methoxy groups -OCH3 is 1. The van der Waals surface area contributed by atoms with E-state index in [4.69, 9.17) is 4.74 Å². The highest BCUT2D eigenvalue weighted by Crippen LogP contribution is 2.26. The van der Waals surface area contributed by atoms with Gasteiger partial charge in [0, 0.05) is 11.3 Å². The van der Waals surface area contributed by atoms with Crippen molar-refractivity contribution in [2.75, 3.05) is 12.4 Å². The van der Waals surface area contributed by atoms with Gasteiger partial charge in [0.1, 0.15) is 0 Å². The molecule has 0 spiro atoms. The predicted molar refractivity (Wildman–Crippen MR) is 108 cm³/mol. The van der Waals surface area contributed by atoms with Crippen LogP contribution in [-0.4, -0.2) is 29.2 Å². The van der Waals surface area contributed by atoms with Crippen LogP contribution in [0.15, 0.2) is 48.5 Å². The Kier molecular flexibility index (Phi) is 6.00. The van der Waals surface area contributed by atoms with Gasteiger partial charge in [-0.2, -0.15) is 0 Å². The lowest BCUT2D eigenvalue weighted by molar-refractivity contribution is -0.143. The number of benzene rings is 2. The van der Waals surface area contributed by atoms with Gasteiger partial charge >= 0.3 is 5.97 Å². The van der Waals surface area contributed by atoms with Crippen LogP contribution >= 0.6 is 11.3 Å². The number of carbonyl (C=O) groups excluding carboxylic acids is 2. The van der Waals surface area contributed by atoms with E-state index in [0.717, 1.165) is 16.8 Å². The van der Waals surface area contributed by atoms with Crippen LogP contribution in [-0.2, 0) is 9.53 Å². The minimum Gasteiger partial charge on any atom is -0.467 e. The second-order valence-electron chi connectivity index (χ2n) is 6.23. The molecule has 28 heavy (non-hydrogen) atoms. The van der Waals surface area contributed by atoms with Crippen molar-refractivity contribution in [2.24, 2.45) is 0 Å². The van der Waals surface area contributed by atoms with E-state index in [-0.39, 0.29) is 0 Å². The summed E-state index contributed by atoms with van der Waals surface area (Å²) < 4.78 is 4.83. The van der Waals surface area contributed by atoms with E-state index in [9.17, 15) is 9.59 Å². The number of ether oxygens (including phenoxy) is 1. The smallest absolute Gasteiger partial charge is 0.335 e. The molecular weight excluding hydrogens is 376 g/mol. The maximum Gasteiger partial charge on any atom is 0.335 e. The zero-order valence-electron chi connectivity index (χ0n) is 15.7. The molecule has 0 fully saturated rings. The molecule has 1 heterocycles. The van der Waals surface area contributed by atoms with Gasteiger partial charge < -0.3 is 15.4 Å². The number of esters is 1. The zero-order valence-corrected chi connectivity index (χ0v) is 16.5. The van der Waals surface area contributed by atoms with Crippen LogP contribution in [0.25, 0.3) is 0 Å². The molecule has 0 saturated heterocycles. The maximum atomic E-state index is 12.5. The van der Waals surface area contributed by atoms with E-state index in [0.29, 0.717) is 15.7 Å². The van der Waals surface area contributed by atoms with Gasteiger partial charge in [0.25, 0.3) is 5.91 Å². The summed E-state index contributed by atoms with van der Waals surface area (Å²) in [4.78, 5) is 24.7. The van der Waals surface area contributed by atoms with Crippen LogP contribution in [0.2, 0.25) is 0 Å². The number of rotatable bonds is 6. The normalized spacial score (nSPS) is 11.5. The first-order chi connectivity index (χ1) is 13.5. The summed E-state index contributed by atoms with van der Waals surface area (Å²) in [6.45, 7) is 3.94. The van der Waals surface area contributed by atoms with Crippen molar-refractivity contribution >= 4 is 34.0 Å². The molecule has 1 unspecified atom stereocenters. The van der Waals surface area contributed by atoms with Gasteiger partial charge in [0.15, 0.2) is 11.0 Å². The third-order valence-electron chi connectivity index (χ3n) is 4.02. The van der Waals surface area contributed by atoms with Gasteiger partial charge in [-0.3, -0.25) is 4.79 Å². The molecule has 144 valence electrons. The van der Waals surface area contributed by atoms with Crippen molar-refractivity contribution in [1.29, 1.82) is 0 Å². The fraction of sp³-hybridized carbons (Fsp3) is 0.200. The summed E-state index contributed by atoms with van der Waals surface area (Å²) >= 11 is 1.17. The van der Waals surface area contributed by atoms with E-state index in [2.05, 4.69) is 20.8 Å². The van der Waals surface area contributed by atoms with Crippen LogP contribution in [0.4, 0.5) is 10.8 Å². The highest BCUT2D eigenvalue weighted by atomic mass is 32.1. The largest absolute Gasteiger partial charge is 0.467 e. The second-order valence-corrected chi connectivity index (χ2v) is 7.24. The number of amides is 1. The van der Waals surface area contributed by atoms with Gasteiger partial charge in [-0.05, 0) is 38.1 Å². The quantitative estimate of drug-likeness (QED) is 0.619. The number of carbonyl (C=O) groups is 2. The highest BCUT2D eigenvalue weighted by molar-refractivity contribution is 7.15. The number of aromatic nitrogens is 2. The molecular formula is C20H20N4O3S. The molecule has 3 aromatic rings. The van der Waals surface area contributed by atoms with Crippen molar-refractivity contribution in [3.05, 3.63) is 70.2 Å². The van der Waals surface area contributed by atoms with Crippen LogP contribution < -0.4 is 10.6 Å². The molecule has 0 bridgehead atoms. The number of nitrogens with one attached hydrogen (secondary N) is 2. The summed E-state index contributed by atoms with van der Waals surface area (Å²) in [6, 6.07) is 13.8. The molecule has 7 nitrogen and oxygen atoms in total. The Bertz CT molecular complexity index is 968. The monoisotopic (exact) mass is 396 g/mol. The Balaban J connectivity index is 1.77. The van der Waals surface area contributed by atoms with Gasteiger partial charge in [-0.1, -0.05) is 46.7 Å². The van der Waals surface area contributed by atoms with Crippen molar-refractivity contribution in [1.82, 2.24) is 15.5 Å². The molecule has 3 rings (SSSR count). The van der Waals surface area contributed by atoms with Crippen molar-refractivity contribution < 1.29 is 14.3 Å². The molecule has 2 N–H and O–H groups in total. The maximum absolute atomic E-state index is 12.5. The molecule has 1 aromatic heterocycles. The number of nitrogens with zero attached hydrogens (tertiary/aromatic N) is 2. The van der Waals surface area contributed by atoms with E-state index in [1.165, 1.54) is 18.4 Å². The van der Waals surface area contributed by atoms with Crippen LogP contribution in [0, 0.1) is 13.8 Å². The number of hydrogen-bond donors (Lipinski definition) is 2. The minimum atomic E-state index is -1.04. The molecule has 0 aliphatic rings. The Morgan fingerprint density at radius 2 is 1.57 bits per heavy atom. The number of hydrogen-bond acceptors (Lipinski definition) is 7. The molecule has 8 heteroatoms. The minimum absolute atomic E-state index is 0.335. The fourth-order valence-electron chi connectivity index (χ4n) is 2.42. The average molecular weight is 396 g/mol. The molecule has 0 aliphatic carbocycles. The Morgan fingerprint density at radius 1 is 0.964 bits per heavy atom. The SMILES string of the molecule is COC(=O)C(NC(=O)c1ccc(C)cc1)c1nnc(Nc2ccc(C)cc2)s1. The Labute approximate surface area is 166 Å². The third-order valence-corrected chi connectivity index (χ3v) is 4.92. The molecule has 2 aromatic carbocycles. The molecule has 0 radical (unpaired) electrons. The zero-order chi connectivity index (χ0) is 20.1. The van der Waals surface area contributed by atoms with Gasteiger partial charge in [-0.25, -0.2) is 4.79 Å². The fourth-order valence-corrected chi connectivity index (χ4v) is 3.22. The Morgan fingerprint density at radius 3 is 2.18 bits per heavy atom. The second kappa shape index (κ2) is 8.62. The summed E-state index contributed by atoms with van der Waals surface area (Å²) in [5.74, 6) is -1.00. The van der Waals surface area contributed by atoms with E-state index in [1.807, 2.05) is 50.2 Å². The molecule has 1 atom stereocenters. The van der Waals surface area contributed by atoms with Crippen LogP contribution in [0.3, 0.4) is 0 Å². The first-order valence-corrected chi connectivity index (χ1v) is 9.40.